The van der Waals surface area contributed by atoms with Crippen LogP contribution in [0.3, 0.4) is 0 Å². The van der Waals surface area contributed by atoms with E-state index < -0.39 is 0 Å². The average Bonchev–Trinajstić information content (AvgIpc) is 3.07. The zero-order valence-electron chi connectivity index (χ0n) is 29.8. The summed E-state index contributed by atoms with van der Waals surface area (Å²) in [6, 6.07) is 12.1. The second-order valence-corrected chi connectivity index (χ2v) is 12.8. The Hall–Kier alpha value is -3.14. The number of unbranched alkanes of at least 4 members (excludes halogenated alkanes) is 1. The molecular weight excluding hydrogens is 564 g/mol. The summed E-state index contributed by atoms with van der Waals surface area (Å²) < 4.78 is 11.3. The zero-order chi connectivity index (χ0) is 33.9. The van der Waals surface area contributed by atoms with Gasteiger partial charge in [0.25, 0.3) is 0 Å². The number of hydrogen-bond acceptors (Lipinski definition) is 3. The van der Waals surface area contributed by atoms with Gasteiger partial charge in [-0.05, 0) is 135 Å². The monoisotopic (exact) mass is 626 g/mol. The molecule has 0 radical (unpaired) electrons. The van der Waals surface area contributed by atoms with Crippen LogP contribution in [-0.2, 0) is 35.2 Å². The Morgan fingerprint density at radius 1 is 0.870 bits per heavy atom. The molecule has 0 bridgehead atoms. The molecule has 3 nitrogen and oxygen atoms in total. The molecule has 0 fully saturated rings. The van der Waals surface area contributed by atoms with Crippen LogP contribution in [0.4, 0.5) is 0 Å². The van der Waals surface area contributed by atoms with Crippen molar-refractivity contribution in [2.75, 3.05) is 26.9 Å². The van der Waals surface area contributed by atoms with Gasteiger partial charge >= 0.3 is 0 Å². The van der Waals surface area contributed by atoms with Crippen LogP contribution in [0, 0.1) is 5.92 Å². The standard InChI is InChI=1S/C38H54O3.C5H8/c1-7-30-16-18-32(19-17-30)33-20-21-38(31(8-2)25-33)36-26-34(13-11-23-40-6)37(15-9-10-22-39)35(27-36)14-12-24-41-29(5)28(3)4;1-4-5(2)3/h16,18,20-21,25-27,30,32,39H,3,5,7-15,17,19,22-24H2,1-2,4,6H3;4H,1-2H2,3H3. The fourth-order valence-electron chi connectivity index (χ4n) is 6.04. The number of aryl methyl sites for hydroxylation is 3. The van der Waals surface area contributed by atoms with Gasteiger partial charge in [0.1, 0.15) is 5.76 Å². The van der Waals surface area contributed by atoms with E-state index in [1.54, 1.807) is 13.2 Å². The van der Waals surface area contributed by atoms with Gasteiger partial charge in [0.05, 0.1) is 6.61 Å². The Kier molecular flexibility index (Phi) is 18.3. The van der Waals surface area contributed by atoms with E-state index >= 15 is 0 Å². The van der Waals surface area contributed by atoms with Crippen LogP contribution >= 0.6 is 0 Å². The first-order valence-electron chi connectivity index (χ1n) is 17.5. The predicted octanol–water partition coefficient (Wildman–Crippen LogP) is 11.1. The number of aliphatic hydroxyl groups excluding tert-OH is 1. The summed E-state index contributed by atoms with van der Waals surface area (Å²) in [5, 5.41) is 9.47. The van der Waals surface area contributed by atoms with Crippen molar-refractivity contribution in [1.29, 1.82) is 0 Å². The summed E-state index contributed by atoms with van der Waals surface area (Å²) in [6.07, 6.45) is 18.1. The number of hydrogen-bond donors (Lipinski definition) is 1. The third kappa shape index (κ3) is 12.9. The summed E-state index contributed by atoms with van der Waals surface area (Å²) in [5.41, 5.74) is 11.7. The summed E-state index contributed by atoms with van der Waals surface area (Å²) in [5.74, 6) is 1.94. The van der Waals surface area contributed by atoms with Crippen LogP contribution in [0.1, 0.15) is 106 Å². The largest absolute Gasteiger partial charge is 0.494 e. The third-order valence-electron chi connectivity index (χ3n) is 8.99. The van der Waals surface area contributed by atoms with Crippen LogP contribution < -0.4 is 0 Å². The molecule has 1 aliphatic rings. The van der Waals surface area contributed by atoms with Gasteiger partial charge in [-0.1, -0.05) is 94.3 Å². The molecule has 2 atom stereocenters. The molecule has 0 spiro atoms. The maximum absolute atomic E-state index is 9.47. The lowest BCUT2D eigenvalue weighted by Crippen LogP contribution is -2.08. The zero-order valence-corrected chi connectivity index (χ0v) is 29.8. The van der Waals surface area contributed by atoms with E-state index in [1.165, 1.54) is 58.2 Å². The third-order valence-corrected chi connectivity index (χ3v) is 8.99. The first-order chi connectivity index (χ1) is 22.2. The van der Waals surface area contributed by atoms with E-state index in [9.17, 15) is 5.11 Å². The Balaban J connectivity index is 0.00000136. The van der Waals surface area contributed by atoms with Crippen molar-refractivity contribution in [2.45, 2.75) is 104 Å². The lowest BCUT2D eigenvalue weighted by atomic mass is 9.81. The first-order valence-corrected chi connectivity index (χ1v) is 17.5. The summed E-state index contributed by atoms with van der Waals surface area (Å²) in [6.45, 7) is 25.0. The highest BCUT2D eigenvalue weighted by Gasteiger charge is 2.19. The summed E-state index contributed by atoms with van der Waals surface area (Å²) >= 11 is 0. The van der Waals surface area contributed by atoms with Gasteiger partial charge in [-0.2, -0.15) is 0 Å². The van der Waals surface area contributed by atoms with E-state index in [0.29, 0.717) is 18.3 Å². The Morgan fingerprint density at radius 3 is 2.07 bits per heavy atom. The number of methoxy groups -OCH3 is 1. The smallest absolute Gasteiger partial charge is 0.114 e. The van der Waals surface area contributed by atoms with Crippen molar-refractivity contribution in [3.63, 3.8) is 0 Å². The number of aliphatic hydroxyl groups is 1. The van der Waals surface area contributed by atoms with Gasteiger partial charge in [0.15, 0.2) is 0 Å². The van der Waals surface area contributed by atoms with Crippen LogP contribution in [0.2, 0.25) is 0 Å². The molecule has 3 heteroatoms. The van der Waals surface area contributed by atoms with Gasteiger partial charge in [0.2, 0.25) is 0 Å². The highest BCUT2D eigenvalue weighted by molar-refractivity contribution is 5.70. The first kappa shape index (κ1) is 39.0. The van der Waals surface area contributed by atoms with Crippen molar-refractivity contribution in [3.8, 4) is 11.1 Å². The number of allylic oxidation sites excluding steroid dienone is 5. The van der Waals surface area contributed by atoms with E-state index in [-0.39, 0.29) is 6.61 Å². The van der Waals surface area contributed by atoms with E-state index in [2.05, 4.69) is 82.6 Å². The molecule has 1 aliphatic carbocycles. The topological polar surface area (TPSA) is 38.7 Å². The minimum Gasteiger partial charge on any atom is -0.494 e. The van der Waals surface area contributed by atoms with Crippen molar-refractivity contribution in [3.05, 3.63) is 120 Å². The van der Waals surface area contributed by atoms with Crippen molar-refractivity contribution < 1.29 is 14.6 Å². The Bertz CT molecular complexity index is 1300. The van der Waals surface area contributed by atoms with Gasteiger partial charge < -0.3 is 14.6 Å². The summed E-state index contributed by atoms with van der Waals surface area (Å²) in [4.78, 5) is 0. The van der Waals surface area contributed by atoms with Crippen LogP contribution in [-0.4, -0.2) is 32.0 Å². The maximum atomic E-state index is 9.47. The van der Waals surface area contributed by atoms with Crippen LogP contribution in [0.15, 0.2) is 91.8 Å². The molecule has 0 saturated heterocycles. The molecule has 0 heterocycles. The van der Waals surface area contributed by atoms with Gasteiger partial charge in [-0.15, -0.1) is 0 Å². The molecule has 252 valence electrons. The Morgan fingerprint density at radius 2 is 1.54 bits per heavy atom. The van der Waals surface area contributed by atoms with Crippen molar-refractivity contribution in [1.82, 2.24) is 0 Å². The lowest BCUT2D eigenvalue weighted by molar-refractivity contribution is 0.195. The summed E-state index contributed by atoms with van der Waals surface area (Å²) in [7, 11) is 1.78. The van der Waals surface area contributed by atoms with Crippen molar-refractivity contribution in [2.24, 2.45) is 5.92 Å². The molecule has 46 heavy (non-hydrogen) atoms. The van der Waals surface area contributed by atoms with Gasteiger partial charge in [-0.25, -0.2) is 0 Å². The second-order valence-electron chi connectivity index (χ2n) is 12.8. The average molecular weight is 627 g/mol. The molecule has 0 amide bonds. The molecule has 3 rings (SSSR count). The molecule has 0 aromatic heterocycles. The molecule has 0 saturated carbocycles. The van der Waals surface area contributed by atoms with Crippen LogP contribution in [0.5, 0.6) is 0 Å². The predicted molar refractivity (Wildman–Crippen MR) is 200 cm³/mol. The number of rotatable bonds is 19. The molecule has 2 aromatic rings. The number of ether oxygens (including phenoxy) is 2. The van der Waals surface area contributed by atoms with Gasteiger partial charge in [-0.3, -0.25) is 0 Å². The number of benzene rings is 2. The highest BCUT2D eigenvalue weighted by atomic mass is 16.5. The van der Waals surface area contributed by atoms with Gasteiger partial charge in [0, 0.05) is 26.2 Å². The lowest BCUT2D eigenvalue weighted by Gasteiger charge is -2.24. The van der Waals surface area contributed by atoms with E-state index in [1.807, 2.05) is 13.8 Å². The molecule has 1 N–H and O–H groups in total. The molecule has 0 aliphatic heterocycles. The Labute approximate surface area is 281 Å². The SMILES string of the molecule is C=C(C)C(=C)OCCCc1cc(-c2ccc(C3C=CC(CC)CC3)cc2CC)cc(CCCOC)c1CCCCO.C=CC(=C)C. The fourth-order valence-corrected chi connectivity index (χ4v) is 6.04. The molecular formula is C43H62O3. The molecule has 2 aromatic carbocycles. The minimum atomic E-state index is 0.241. The minimum absolute atomic E-state index is 0.241. The van der Waals surface area contributed by atoms with E-state index in [0.717, 1.165) is 75.0 Å². The van der Waals surface area contributed by atoms with Crippen molar-refractivity contribution >= 4 is 0 Å². The highest BCUT2D eigenvalue weighted by Crippen LogP contribution is 2.36. The van der Waals surface area contributed by atoms with E-state index in [4.69, 9.17) is 9.47 Å². The molecule has 2 unspecified atom stereocenters. The fraction of sp³-hybridized carbons (Fsp3) is 0.488. The quantitative estimate of drug-likeness (QED) is 0.0730. The maximum Gasteiger partial charge on any atom is 0.114 e. The van der Waals surface area contributed by atoms with Crippen LogP contribution in [0.25, 0.3) is 11.1 Å². The normalized spacial score (nSPS) is 15.5. The second kappa shape index (κ2) is 21.6.